The topological polar surface area (TPSA) is 23.6 Å². The largest absolute Gasteiger partial charge is 0.338 e. The average molecular weight is 292 g/mol. The highest BCUT2D eigenvalue weighted by molar-refractivity contribution is 5.87. The van der Waals surface area contributed by atoms with Crippen LogP contribution in [-0.2, 0) is 4.79 Å². The summed E-state index contributed by atoms with van der Waals surface area (Å²) < 4.78 is 0. The Balaban J connectivity index is 1.90. The Morgan fingerprint density at radius 1 is 1.33 bits per heavy atom. The SMILES string of the molecule is C=CC(=O)N1C[C@@]2(C)C(N(C)CCCC(C)(C)C)[C@@]2(C)C1. The molecule has 3 nitrogen and oxygen atoms in total. The highest BCUT2D eigenvalue weighted by atomic mass is 16.2. The fourth-order valence-corrected chi connectivity index (χ4v) is 4.55. The molecule has 1 amide bonds. The predicted octanol–water partition coefficient (Wildman–Crippen LogP) is 3.17. The molecule has 0 N–H and O–H groups in total. The molecule has 1 saturated heterocycles. The molecule has 3 heteroatoms. The summed E-state index contributed by atoms with van der Waals surface area (Å²) in [6.07, 6.45) is 3.95. The molecule has 3 atom stereocenters. The van der Waals surface area contributed by atoms with Crippen LogP contribution in [0.25, 0.3) is 0 Å². The van der Waals surface area contributed by atoms with Crippen molar-refractivity contribution in [3.63, 3.8) is 0 Å². The second-order valence-corrected chi connectivity index (χ2v) is 8.78. The fourth-order valence-electron chi connectivity index (χ4n) is 4.55. The average Bonchev–Trinajstić information content (AvgIpc) is 2.67. The van der Waals surface area contributed by atoms with Crippen molar-refractivity contribution in [3.8, 4) is 0 Å². The van der Waals surface area contributed by atoms with Crippen molar-refractivity contribution in [1.82, 2.24) is 9.80 Å². The summed E-state index contributed by atoms with van der Waals surface area (Å²) >= 11 is 0. The summed E-state index contributed by atoms with van der Waals surface area (Å²) in [5, 5.41) is 0. The van der Waals surface area contributed by atoms with Gasteiger partial charge in [0.05, 0.1) is 0 Å². The lowest BCUT2D eigenvalue weighted by Gasteiger charge is -2.28. The molecular formula is C18H32N2O. The van der Waals surface area contributed by atoms with Crippen LogP contribution in [0.3, 0.4) is 0 Å². The molecule has 2 fully saturated rings. The van der Waals surface area contributed by atoms with Crippen LogP contribution in [-0.4, -0.2) is 48.4 Å². The summed E-state index contributed by atoms with van der Waals surface area (Å²) in [7, 11) is 2.25. The number of piperidine rings is 1. The molecule has 0 radical (unpaired) electrons. The Bertz CT molecular complexity index is 421. The number of amides is 1. The lowest BCUT2D eigenvalue weighted by Crippen LogP contribution is -2.39. The second kappa shape index (κ2) is 5.12. The number of hydrogen-bond donors (Lipinski definition) is 0. The van der Waals surface area contributed by atoms with E-state index < -0.39 is 0 Å². The Labute approximate surface area is 130 Å². The molecule has 0 spiro atoms. The number of rotatable bonds is 5. The standard InChI is InChI=1S/C18H32N2O/c1-8-14(21)20-12-17(5)15(18(17,6)13-20)19(7)11-9-10-16(2,3)4/h8,15H,1,9-13H2,2-7H3/t15?,17-,18+. The molecule has 0 aromatic carbocycles. The molecule has 2 rings (SSSR count). The van der Waals surface area contributed by atoms with E-state index in [1.54, 1.807) is 0 Å². The van der Waals surface area contributed by atoms with Gasteiger partial charge in [0.2, 0.25) is 5.91 Å². The molecule has 1 heterocycles. The first-order chi connectivity index (χ1) is 9.55. The van der Waals surface area contributed by atoms with E-state index >= 15 is 0 Å². The number of carbonyl (C=O) groups excluding carboxylic acids is 1. The number of nitrogens with zero attached hydrogens (tertiary/aromatic N) is 2. The van der Waals surface area contributed by atoms with Crippen molar-refractivity contribution >= 4 is 5.91 Å². The second-order valence-electron chi connectivity index (χ2n) is 8.78. The molecule has 0 aromatic rings. The van der Waals surface area contributed by atoms with Gasteiger partial charge >= 0.3 is 0 Å². The maximum atomic E-state index is 11.8. The highest BCUT2D eigenvalue weighted by Gasteiger charge is 2.76. The third-order valence-electron chi connectivity index (χ3n) is 5.83. The zero-order valence-electron chi connectivity index (χ0n) is 14.7. The van der Waals surface area contributed by atoms with E-state index in [4.69, 9.17) is 0 Å². The van der Waals surface area contributed by atoms with Crippen LogP contribution in [0.5, 0.6) is 0 Å². The lowest BCUT2D eigenvalue weighted by atomic mass is 9.90. The van der Waals surface area contributed by atoms with Gasteiger partial charge in [-0.3, -0.25) is 4.79 Å². The maximum absolute atomic E-state index is 11.8. The summed E-state index contributed by atoms with van der Waals surface area (Å²) in [6.45, 7) is 18.1. The molecular weight excluding hydrogens is 260 g/mol. The molecule has 1 aliphatic carbocycles. The third-order valence-corrected chi connectivity index (χ3v) is 5.83. The number of hydrogen-bond acceptors (Lipinski definition) is 2. The van der Waals surface area contributed by atoms with E-state index in [2.05, 4.69) is 53.1 Å². The molecule has 1 unspecified atom stereocenters. The van der Waals surface area contributed by atoms with Crippen LogP contribution in [0.1, 0.15) is 47.5 Å². The van der Waals surface area contributed by atoms with E-state index in [-0.39, 0.29) is 16.7 Å². The van der Waals surface area contributed by atoms with E-state index in [0.717, 1.165) is 19.6 Å². The first-order valence-corrected chi connectivity index (χ1v) is 8.17. The van der Waals surface area contributed by atoms with Gasteiger partial charge in [-0.15, -0.1) is 0 Å². The Kier molecular flexibility index (Phi) is 4.03. The first kappa shape index (κ1) is 16.5. The zero-order valence-corrected chi connectivity index (χ0v) is 14.7. The van der Waals surface area contributed by atoms with Gasteiger partial charge in [0.25, 0.3) is 0 Å². The Morgan fingerprint density at radius 2 is 1.86 bits per heavy atom. The van der Waals surface area contributed by atoms with Crippen LogP contribution in [0.15, 0.2) is 12.7 Å². The van der Waals surface area contributed by atoms with Crippen LogP contribution >= 0.6 is 0 Å². The van der Waals surface area contributed by atoms with Gasteiger partial charge in [0.15, 0.2) is 0 Å². The predicted molar refractivity (Wildman–Crippen MR) is 88.1 cm³/mol. The number of carbonyl (C=O) groups is 1. The van der Waals surface area contributed by atoms with Gasteiger partial charge in [-0.1, -0.05) is 41.2 Å². The van der Waals surface area contributed by atoms with Gasteiger partial charge in [-0.25, -0.2) is 0 Å². The van der Waals surface area contributed by atoms with Crippen molar-refractivity contribution in [1.29, 1.82) is 0 Å². The minimum absolute atomic E-state index is 0.0822. The number of likely N-dealkylation sites (tertiary alicyclic amines) is 1. The van der Waals surface area contributed by atoms with E-state index in [9.17, 15) is 4.79 Å². The van der Waals surface area contributed by atoms with E-state index in [1.165, 1.54) is 18.9 Å². The molecule has 2 aliphatic rings. The van der Waals surface area contributed by atoms with E-state index in [1.807, 2.05) is 4.90 Å². The zero-order chi connectivity index (χ0) is 16.1. The minimum Gasteiger partial charge on any atom is -0.338 e. The fraction of sp³-hybridized carbons (Fsp3) is 0.833. The van der Waals surface area contributed by atoms with Gasteiger partial charge < -0.3 is 9.80 Å². The smallest absolute Gasteiger partial charge is 0.245 e. The van der Waals surface area contributed by atoms with Gasteiger partial charge in [-0.2, -0.15) is 0 Å². The van der Waals surface area contributed by atoms with Gasteiger partial charge in [0.1, 0.15) is 0 Å². The molecule has 1 aliphatic heterocycles. The normalized spacial score (nSPS) is 35.0. The third kappa shape index (κ3) is 2.77. The number of fused-ring (bicyclic) bond motifs is 1. The van der Waals surface area contributed by atoms with Crippen molar-refractivity contribution < 1.29 is 4.79 Å². The lowest BCUT2D eigenvalue weighted by molar-refractivity contribution is -0.126. The van der Waals surface area contributed by atoms with Gasteiger partial charge in [-0.05, 0) is 37.9 Å². The molecule has 1 saturated carbocycles. The minimum atomic E-state index is 0.0822. The van der Waals surface area contributed by atoms with Crippen LogP contribution in [0.4, 0.5) is 0 Å². The van der Waals surface area contributed by atoms with Crippen LogP contribution in [0.2, 0.25) is 0 Å². The summed E-state index contributed by atoms with van der Waals surface area (Å²) in [6, 6.07) is 0.610. The highest BCUT2D eigenvalue weighted by Crippen LogP contribution is 2.69. The quantitative estimate of drug-likeness (QED) is 0.727. The van der Waals surface area contributed by atoms with Crippen molar-refractivity contribution in [3.05, 3.63) is 12.7 Å². The Morgan fingerprint density at radius 3 is 2.29 bits per heavy atom. The van der Waals surface area contributed by atoms with Crippen molar-refractivity contribution in [2.75, 3.05) is 26.7 Å². The van der Waals surface area contributed by atoms with Crippen LogP contribution < -0.4 is 0 Å². The molecule has 0 aromatic heterocycles. The Hall–Kier alpha value is -0.830. The van der Waals surface area contributed by atoms with Gasteiger partial charge in [0, 0.05) is 30.0 Å². The summed E-state index contributed by atoms with van der Waals surface area (Å²) in [4.78, 5) is 16.3. The van der Waals surface area contributed by atoms with Crippen LogP contribution in [0, 0.1) is 16.2 Å². The molecule has 120 valence electrons. The monoisotopic (exact) mass is 292 g/mol. The van der Waals surface area contributed by atoms with Crippen molar-refractivity contribution in [2.24, 2.45) is 16.2 Å². The van der Waals surface area contributed by atoms with E-state index in [0.29, 0.717) is 11.5 Å². The maximum Gasteiger partial charge on any atom is 0.245 e. The van der Waals surface area contributed by atoms with Crippen molar-refractivity contribution in [2.45, 2.75) is 53.5 Å². The first-order valence-electron chi connectivity index (χ1n) is 8.17. The molecule has 21 heavy (non-hydrogen) atoms. The summed E-state index contributed by atoms with van der Waals surface area (Å²) in [5.41, 5.74) is 0.922. The molecule has 0 bridgehead atoms. The summed E-state index contributed by atoms with van der Waals surface area (Å²) in [5.74, 6) is 0.0822.